The van der Waals surface area contributed by atoms with Gasteiger partial charge in [0, 0.05) is 46.2 Å². The molecular formula is C25H28Cl2N4O3. The van der Waals surface area contributed by atoms with Gasteiger partial charge in [0.1, 0.15) is 18.5 Å². The molecule has 0 radical (unpaired) electrons. The number of halogens is 2. The predicted octanol–water partition coefficient (Wildman–Crippen LogP) is 4.74. The molecule has 34 heavy (non-hydrogen) atoms. The maximum absolute atomic E-state index is 10.4. The molecule has 1 atom stereocenters. The molecule has 0 amide bonds. The number of nitrogens with zero attached hydrogens (tertiary/aromatic N) is 2. The first-order valence-corrected chi connectivity index (χ1v) is 12.3. The Hall–Kier alpha value is -2.45. The molecule has 9 heteroatoms. The third-order valence-electron chi connectivity index (χ3n) is 6.48. The minimum atomic E-state index is -0.542. The number of ether oxygens (including phenoxy) is 2. The van der Waals surface area contributed by atoms with Gasteiger partial charge in [-0.05, 0) is 55.8 Å². The Balaban J connectivity index is 1.29. The number of nitrogens with one attached hydrogen (secondary N) is 2. The molecule has 1 saturated heterocycles. The zero-order chi connectivity index (χ0) is 23.7. The van der Waals surface area contributed by atoms with Crippen LogP contribution in [0.15, 0.2) is 30.3 Å². The molecule has 0 bridgehead atoms. The molecule has 180 valence electrons. The number of H-pyrrole nitrogens is 1. The summed E-state index contributed by atoms with van der Waals surface area (Å²) in [5.74, 6) is 2.10. The van der Waals surface area contributed by atoms with Crippen molar-refractivity contribution in [1.29, 1.82) is 0 Å². The van der Waals surface area contributed by atoms with Crippen molar-refractivity contribution in [3.63, 3.8) is 0 Å². The molecule has 1 fully saturated rings. The Morgan fingerprint density at radius 1 is 1.18 bits per heavy atom. The van der Waals surface area contributed by atoms with Crippen LogP contribution in [0.1, 0.15) is 29.5 Å². The first-order chi connectivity index (χ1) is 16.5. The number of β-amino-alcohol motifs (C(OH)–C–C–N with tert-alkyl or cyclic N) is 1. The van der Waals surface area contributed by atoms with Crippen LogP contribution in [0.3, 0.4) is 0 Å². The van der Waals surface area contributed by atoms with Gasteiger partial charge in [0.25, 0.3) is 0 Å². The molecule has 1 aliphatic heterocycles. The number of aromatic amines is 1. The Morgan fingerprint density at radius 3 is 2.68 bits per heavy atom. The molecule has 3 N–H and O–H groups in total. The van der Waals surface area contributed by atoms with Gasteiger partial charge in [-0.15, -0.1) is 0 Å². The summed E-state index contributed by atoms with van der Waals surface area (Å²) in [4.78, 5) is 2.27. The lowest BCUT2D eigenvalue weighted by atomic mass is 10.1. The van der Waals surface area contributed by atoms with Gasteiger partial charge >= 0.3 is 0 Å². The van der Waals surface area contributed by atoms with E-state index in [9.17, 15) is 5.11 Å². The quantitative estimate of drug-likeness (QED) is 0.306. The van der Waals surface area contributed by atoms with Crippen LogP contribution in [0, 0.1) is 0 Å². The highest BCUT2D eigenvalue weighted by Gasteiger charge is 2.27. The van der Waals surface area contributed by atoms with Gasteiger partial charge in [0.15, 0.2) is 11.5 Å². The summed E-state index contributed by atoms with van der Waals surface area (Å²) in [6.07, 6.45) is 2.56. The van der Waals surface area contributed by atoms with Gasteiger partial charge in [0.05, 0.1) is 12.8 Å². The highest BCUT2D eigenvalue weighted by molar-refractivity contribution is 6.36. The number of aliphatic hydroxyl groups excluding tert-OH is 1. The van der Waals surface area contributed by atoms with E-state index in [0.29, 0.717) is 41.1 Å². The van der Waals surface area contributed by atoms with Crippen LogP contribution in [0.5, 0.6) is 11.5 Å². The van der Waals surface area contributed by atoms with E-state index in [-0.39, 0.29) is 6.61 Å². The number of aliphatic hydroxyl groups is 1. The summed E-state index contributed by atoms with van der Waals surface area (Å²) in [7, 11) is 1.62. The first-order valence-electron chi connectivity index (χ1n) is 11.5. The molecular weight excluding hydrogens is 475 g/mol. The van der Waals surface area contributed by atoms with Crippen molar-refractivity contribution in [3.05, 3.63) is 57.1 Å². The number of likely N-dealkylation sites (tertiary alicyclic amines) is 1. The summed E-state index contributed by atoms with van der Waals surface area (Å²) >= 11 is 12.6. The predicted molar refractivity (Wildman–Crippen MR) is 134 cm³/mol. The molecule has 0 spiro atoms. The highest BCUT2D eigenvalue weighted by Crippen LogP contribution is 2.44. The lowest BCUT2D eigenvalue weighted by molar-refractivity contribution is 0.0747. The third-order valence-corrected chi connectivity index (χ3v) is 7.19. The van der Waals surface area contributed by atoms with Crippen molar-refractivity contribution < 1.29 is 14.6 Å². The zero-order valence-corrected chi connectivity index (χ0v) is 20.5. The molecule has 2 aliphatic rings. The van der Waals surface area contributed by atoms with E-state index in [4.69, 9.17) is 32.7 Å². The van der Waals surface area contributed by atoms with Crippen molar-refractivity contribution >= 4 is 29.0 Å². The van der Waals surface area contributed by atoms with Crippen LogP contribution < -0.4 is 14.8 Å². The number of rotatable bonds is 9. The SMILES string of the molecule is COc1cc2c(cc1OCC(O)CN1CCCC1)Cc1c-2n[nH]c1NCc1c(Cl)cccc1Cl. The summed E-state index contributed by atoms with van der Waals surface area (Å²) < 4.78 is 11.6. The van der Waals surface area contributed by atoms with Crippen LogP contribution in [-0.4, -0.2) is 59.7 Å². The minimum Gasteiger partial charge on any atom is -0.493 e. The van der Waals surface area contributed by atoms with Crippen LogP contribution >= 0.6 is 23.2 Å². The Bertz CT molecular complexity index is 1160. The number of fused-ring (bicyclic) bond motifs is 3. The molecule has 3 aromatic rings. The molecule has 1 unspecified atom stereocenters. The van der Waals surface area contributed by atoms with Gasteiger partial charge < -0.3 is 24.8 Å². The number of benzene rings is 2. The number of aromatic nitrogens is 2. The number of hydrogen-bond donors (Lipinski definition) is 3. The standard InChI is InChI=1S/C25H28Cl2N4O3/c1-33-22-11-17-15(10-23(22)34-14-16(32)13-31-7-2-3-8-31)9-18-24(17)29-30-25(18)28-12-19-20(26)5-4-6-21(19)27/h4-6,10-11,16,32H,2-3,7-9,12-14H2,1H3,(H2,28,29,30). The normalized spacial score (nSPS) is 15.8. The second kappa shape index (κ2) is 10.0. The first kappa shape index (κ1) is 23.3. The van der Waals surface area contributed by atoms with Gasteiger partial charge in [-0.2, -0.15) is 5.10 Å². The van der Waals surface area contributed by atoms with Crippen molar-refractivity contribution in [2.24, 2.45) is 0 Å². The highest BCUT2D eigenvalue weighted by atomic mass is 35.5. The Morgan fingerprint density at radius 2 is 1.94 bits per heavy atom. The second-order valence-corrected chi connectivity index (χ2v) is 9.60. The molecule has 2 heterocycles. The fourth-order valence-corrected chi connectivity index (χ4v) is 5.25. The van der Waals surface area contributed by atoms with Crippen molar-refractivity contribution in [2.75, 3.05) is 38.7 Å². The largest absolute Gasteiger partial charge is 0.493 e. The van der Waals surface area contributed by atoms with Crippen LogP contribution in [0.4, 0.5) is 5.82 Å². The maximum atomic E-state index is 10.4. The second-order valence-electron chi connectivity index (χ2n) is 8.79. The zero-order valence-electron chi connectivity index (χ0n) is 19.0. The van der Waals surface area contributed by atoms with E-state index in [1.54, 1.807) is 7.11 Å². The molecule has 5 rings (SSSR count). The lowest BCUT2D eigenvalue weighted by Crippen LogP contribution is -2.33. The van der Waals surface area contributed by atoms with E-state index in [1.165, 1.54) is 12.8 Å². The minimum absolute atomic E-state index is 0.224. The smallest absolute Gasteiger partial charge is 0.161 e. The van der Waals surface area contributed by atoms with Crippen molar-refractivity contribution in [2.45, 2.75) is 31.9 Å². The number of methoxy groups -OCH3 is 1. The fraction of sp³-hybridized carbons (Fsp3) is 0.400. The van der Waals surface area contributed by atoms with Gasteiger partial charge in [0.2, 0.25) is 0 Å². The lowest BCUT2D eigenvalue weighted by Gasteiger charge is -2.20. The Kier molecular flexibility index (Phi) is 6.88. The van der Waals surface area contributed by atoms with Gasteiger partial charge in [-0.25, -0.2) is 0 Å². The average Bonchev–Trinajstić information content (AvgIpc) is 3.54. The third kappa shape index (κ3) is 4.70. The van der Waals surface area contributed by atoms with Crippen molar-refractivity contribution in [3.8, 4) is 22.8 Å². The van der Waals surface area contributed by atoms with E-state index >= 15 is 0 Å². The van der Waals surface area contributed by atoms with Crippen molar-refractivity contribution in [1.82, 2.24) is 15.1 Å². The van der Waals surface area contributed by atoms with E-state index in [0.717, 1.165) is 46.9 Å². The van der Waals surface area contributed by atoms with Crippen LogP contribution in [0.25, 0.3) is 11.3 Å². The molecule has 7 nitrogen and oxygen atoms in total. The summed E-state index contributed by atoms with van der Waals surface area (Å²) in [5, 5.41) is 22.7. The molecule has 1 aromatic heterocycles. The molecule has 0 saturated carbocycles. The monoisotopic (exact) mass is 502 g/mol. The van der Waals surface area contributed by atoms with Gasteiger partial charge in [-0.3, -0.25) is 5.10 Å². The Labute approximate surface area is 209 Å². The fourth-order valence-electron chi connectivity index (χ4n) is 4.72. The van der Waals surface area contributed by atoms with E-state index in [2.05, 4.69) is 20.4 Å². The molecule has 2 aromatic carbocycles. The van der Waals surface area contributed by atoms with Gasteiger partial charge in [-0.1, -0.05) is 29.3 Å². The number of anilines is 1. The van der Waals surface area contributed by atoms with Crippen LogP contribution in [0.2, 0.25) is 10.0 Å². The van der Waals surface area contributed by atoms with E-state index in [1.807, 2.05) is 30.3 Å². The summed E-state index contributed by atoms with van der Waals surface area (Å²) in [5.41, 5.74) is 4.93. The molecule has 1 aliphatic carbocycles. The average molecular weight is 503 g/mol. The summed E-state index contributed by atoms with van der Waals surface area (Å²) in [6.45, 7) is 3.43. The van der Waals surface area contributed by atoms with Crippen LogP contribution in [-0.2, 0) is 13.0 Å². The maximum Gasteiger partial charge on any atom is 0.161 e. The summed E-state index contributed by atoms with van der Waals surface area (Å²) in [6, 6.07) is 9.43. The van der Waals surface area contributed by atoms with E-state index < -0.39 is 6.10 Å². The topological polar surface area (TPSA) is 82.6 Å². The number of hydrogen-bond acceptors (Lipinski definition) is 6.